The first kappa shape index (κ1) is 12.7. The topological polar surface area (TPSA) is 17.1 Å². The number of rotatable bonds is 2. The van der Waals surface area contributed by atoms with Crippen LogP contribution < -0.4 is 0 Å². The van der Waals surface area contributed by atoms with Gasteiger partial charge in [0.05, 0.1) is 0 Å². The van der Waals surface area contributed by atoms with Gasteiger partial charge in [0.15, 0.2) is 0 Å². The van der Waals surface area contributed by atoms with Gasteiger partial charge in [-0.2, -0.15) is 0 Å². The fourth-order valence-electron chi connectivity index (χ4n) is 2.52. The van der Waals surface area contributed by atoms with Crippen LogP contribution in [0.1, 0.15) is 60.3 Å². The summed E-state index contributed by atoms with van der Waals surface area (Å²) in [7, 11) is 0. The SMILES string of the molecule is CC1CCCC(CC(=O)C(C)(C)C)C1C. The highest BCUT2D eigenvalue weighted by Crippen LogP contribution is 2.37. The molecule has 0 aromatic heterocycles. The van der Waals surface area contributed by atoms with Gasteiger partial charge in [-0.1, -0.05) is 47.5 Å². The smallest absolute Gasteiger partial charge is 0.138 e. The van der Waals surface area contributed by atoms with Gasteiger partial charge < -0.3 is 0 Å². The quantitative estimate of drug-likeness (QED) is 0.671. The van der Waals surface area contributed by atoms with Gasteiger partial charge in [0.2, 0.25) is 0 Å². The molecule has 1 aliphatic carbocycles. The van der Waals surface area contributed by atoms with E-state index < -0.39 is 0 Å². The van der Waals surface area contributed by atoms with Crippen LogP contribution in [0.5, 0.6) is 0 Å². The van der Waals surface area contributed by atoms with E-state index in [0.29, 0.717) is 11.7 Å². The van der Waals surface area contributed by atoms with Crippen molar-refractivity contribution in [2.24, 2.45) is 23.2 Å². The van der Waals surface area contributed by atoms with Crippen LogP contribution >= 0.6 is 0 Å². The number of carbonyl (C=O) groups is 1. The second-order valence-corrected chi connectivity index (χ2v) is 6.40. The Morgan fingerprint density at radius 3 is 2.33 bits per heavy atom. The van der Waals surface area contributed by atoms with E-state index in [-0.39, 0.29) is 5.41 Å². The predicted octanol–water partition coefficient (Wildman–Crippen LogP) is 4.06. The van der Waals surface area contributed by atoms with E-state index in [9.17, 15) is 4.79 Å². The van der Waals surface area contributed by atoms with Crippen LogP contribution in [-0.2, 0) is 4.79 Å². The van der Waals surface area contributed by atoms with Crippen LogP contribution in [0.4, 0.5) is 0 Å². The zero-order valence-electron chi connectivity index (χ0n) is 11.0. The number of hydrogen-bond donors (Lipinski definition) is 0. The molecule has 1 rings (SSSR count). The van der Waals surface area contributed by atoms with Crippen LogP contribution in [0.2, 0.25) is 0 Å². The molecule has 0 bridgehead atoms. The summed E-state index contributed by atoms with van der Waals surface area (Å²) in [5.74, 6) is 2.61. The van der Waals surface area contributed by atoms with Crippen molar-refractivity contribution in [3.8, 4) is 0 Å². The first-order chi connectivity index (χ1) is 6.82. The van der Waals surface area contributed by atoms with E-state index in [0.717, 1.165) is 18.3 Å². The van der Waals surface area contributed by atoms with Crippen molar-refractivity contribution < 1.29 is 4.79 Å². The zero-order chi connectivity index (χ0) is 11.6. The van der Waals surface area contributed by atoms with E-state index in [2.05, 4.69) is 13.8 Å². The van der Waals surface area contributed by atoms with Gasteiger partial charge in [0, 0.05) is 11.8 Å². The monoisotopic (exact) mass is 210 g/mol. The van der Waals surface area contributed by atoms with Crippen molar-refractivity contribution in [1.82, 2.24) is 0 Å². The maximum absolute atomic E-state index is 12.0. The first-order valence-electron chi connectivity index (χ1n) is 6.35. The van der Waals surface area contributed by atoms with Gasteiger partial charge in [0.25, 0.3) is 0 Å². The lowest BCUT2D eigenvalue weighted by Crippen LogP contribution is -2.30. The highest BCUT2D eigenvalue weighted by molar-refractivity contribution is 5.83. The first-order valence-corrected chi connectivity index (χ1v) is 6.35. The molecule has 1 heteroatoms. The average molecular weight is 210 g/mol. The molecule has 88 valence electrons. The van der Waals surface area contributed by atoms with Crippen LogP contribution in [-0.4, -0.2) is 5.78 Å². The van der Waals surface area contributed by atoms with E-state index in [1.807, 2.05) is 20.8 Å². The summed E-state index contributed by atoms with van der Waals surface area (Å²) >= 11 is 0. The summed E-state index contributed by atoms with van der Waals surface area (Å²) in [6.07, 6.45) is 4.72. The van der Waals surface area contributed by atoms with Gasteiger partial charge in [-0.15, -0.1) is 0 Å². The van der Waals surface area contributed by atoms with Crippen molar-refractivity contribution in [2.75, 3.05) is 0 Å². The summed E-state index contributed by atoms with van der Waals surface area (Å²) < 4.78 is 0. The standard InChI is InChI=1S/C14H26O/c1-10-7-6-8-12(11(10)2)9-13(15)14(3,4)5/h10-12H,6-9H2,1-5H3. The summed E-state index contributed by atoms with van der Waals surface area (Å²) in [4.78, 5) is 12.0. The third-order valence-electron chi connectivity index (χ3n) is 4.16. The Labute approximate surface area is 94.6 Å². The minimum Gasteiger partial charge on any atom is -0.299 e. The maximum atomic E-state index is 12.0. The summed E-state index contributed by atoms with van der Waals surface area (Å²) in [6, 6.07) is 0. The number of hydrogen-bond acceptors (Lipinski definition) is 1. The van der Waals surface area contributed by atoms with Crippen molar-refractivity contribution in [2.45, 2.75) is 60.3 Å². The highest BCUT2D eigenvalue weighted by Gasteiger charge is 2.31. The molecule has 0 aromatic carbocycles. The molecular formula is C14H26O. The number of carbonyl (C=O) groups excluding carboxylic acids is 1. The molecule has 0 radical (unpaired) electrons. The molecule has 1 saturated carbocycles. The minimum atomic E-state index is -0.152. The third-order valence-corrected chi connectivity index (χ3v) is 4.16. The Hall–Kier alpha value is -0.330. The van der Waals surface area contributed by atoms with Crippen LogP contribution in [0.3, 0.4) is 0 Å². The van der Waals surface area contributed by atoms with E-state index >= 15 is 0 Å². The van der Waals surface area contributed by atoms with Crippen molar-refractivity contribution >= 4 is 5.78 Å². The summed E-state index contributed by atoms with van der Waals surface area (Å²) in [5.41, 5.74) is -0.152. The molecule has 0 N–H and O–H groups in total. The van der Waals surface area contributed by atoms with Crippen LogP contribution in [0, 0.1) is 23.2 Å². The van der Waals surface area contributed by atoms with Gasteiger partial charge in [-0.05, 0) is 24.2 Å². The Kier molecular flexibility index (Phi) is 3.97. The van der Waals surface area contributed by atoms with E-state index in [1.165, 1.54) is 19.3 Å². The van der Waals surface area contributed by atoms with Crippen molar-refractivity contribution in [3.63, 3.8) is 0 Å². The molecule has 1 fully saturated rings. The molecule has 0 spiro atoms. The zero-order valence-corrected chi connectivity index (χ0v) is 11.0. The van der Waals surface area contributed by atoms with E-state index in [4.69, 9.17) is 0 Å². The van der Waals surface area contributed by atoms with Crippen molar-refractivity contribution in [3.05, 3.63) is 0 Å². The molecule has 0 aliphatic heterocycles. The molecule has 1 aliphatic rings. The van der Waals surface area contributed by atoms with Crippen molar-refractivity contribution in [1.29, 1.82) is 0 Å². The summed E-state index contributed by atoms with van der Waals surface area (Å²) in [6.45, 7) is 10.8. The van der Waals surface area contributed by atoms with E-state index in [1.54, 1.807) is 0 Å². The molecular weight excluding hydrogens is 184 g/mol. The van der Waals surface area contributed by atoms with Gasteiger partial charge >= 0.3 is 0 Å². The molecule has 1 nitrogen and oxygen atoms in total. The highest BCUT2D eigenvalue weighted by atomic mass is 16.1. The largest absolute Gasteiger partial charge is 0.299 e. The Morgan fingerprint density at radius 2 is 1.80 bits per heavy atom. The van der Waals surface area contributed by atoms with Gasteiger partial charge in [0.1, 0.15) is 5.78 Å². The lowest BCUT2D eigenvalue weighted by atomic mass is 9.70. The average Bonchev–Trinajstić information content (AvgIpc) is 2.11. The number of ketones is 1. The van der Waals surface area contributed by atoms with Crippen LogP contribution in [0.15, 0.2) is 0 Å². The fraction of sp³-hybridized carbons (Fsp3) is 0.929. The fourth-order valence-corrected chi connectivity index (χ4v) is 2.52. The normalized spacial score (nSPS) is 32.7. The van der Waals surface area contributed by atoms with Gasteiger partial charge in [-0.25, -0.2) is 0 Å². The second kappa shape index (κ2) is 4.67. The molecule has 15 heavy (non-hydrogen) atoms. The second-order valence-electron chi connectivity index (χ2n) is 6.40. The minimum absolute atomic E-state index is 0.152. The Balaban J connectivity index is 2.54. The predicted molar refractivity (Wildman–Crippen MR) is 64.7 cm³/mol. The Bertz CT molecular complexity index is 224. The lowest BCUT2D eigenvalue weighted by Gasteiger charge is -2.35. The number of Topliss-reactive ketones (excluding diaryl/α,β-unsaturated/α-hetero) is 1. The molecule has 3 atom stereocenters. The molecule has 0 heterocycles. The summed E-state index contributed by atoms with van der Waals surface area (Å²) in [5, 5.41) is 0. The third kappa shape index (κ3) is 3.32. The lowest BCUT2D eigenvalue weighted by molar-refractivity contribution is -0.128. The maximum Gasteiger partial charge on any atom is 0.138 e. The Morgan fingerprint density at radius 1 is 1.20 bits per heavy atom. The molecule has 0 saturated heterocycles. The molecule has 0 amide bonds. The van der Waals surface area contributed by atoms with Crippen LogP contribution in [0.25, 0.3) is 0 Å². The molecule has 0 aromatic rings. The van der Waals surface area contributed by atoms with Gasteiger partial charge in [-0.3, -0.25) is 4.79 Å². The molecule has 3 unspecified atom stereocenters.